The fraction of sp³-hybridized carbons (Fsp3) is 0.200. The molecule has 0 bridgehead atoms. The highest BCUT2D eigenvalue weighted by molar-refractivity contribution is 7.20. The van der Waals surface area contributed by atoms with E-state index in [1.165, 1.54) is 11.3 Å². The molecule has 3 aromatic rings. The fourth-order valence-electron chi connectivity index (χ4n) is 2.23. The maximum absolute atomic E-state index is 12.0. The summed E-state index contributed by atoms with van der Waals surface area (Å²) in [4.78, 5) is 16.3. The summed E-state index contributed by atoms with van der Waals surface area (Å²) in [6.45, 7) is 1.36. The quantitative estimate of drug-likeness (QED) is 0.697. The van der Waals surface area contributed by atoms with Gasteiger partial charge in [0.15, 0.2) is 0 Å². The molecule has 0 spiro atoms. The average molecular weight is 354 g/mol. The Balaban J connectivity index is 1.53. The Morgan fingerprint density at radius 1 is 1.32 bits per heavy atom. The van der Waals surface area contributed by atoms with E-state index in [0.29, 0.717) is 20.8 Å². The van der Waals surface area contributed by atoms with Gasteiger partial charge in [0.1, 0.15) is 4.34 Å². The lowest BCUT2D eigenvalue weighted by molar-refractivity contribution is 0.0953. The number of hydrogen-bond acceptors (Lipinski definition) is 3. The van der Waals surface area contributed by atoms with E-state index in [4.69, 9.17) is 23.2 Å². The first-order valence-electron chi connectivity index (χ1n) is 6.78. The molecule has 22 heavy (non-hydrogen) atoms. The van der Waals surface area contributed by atoms with E-state index in [0.717, 1.165) is 24.0 Å². The SMILES string of the molecule is O=C(NCCCn1cnc2ccccc21)c1cc(Cl)sc1Cl. The van der Waals surface area contributed by atoms with Crippen molar-refractivity contribution in [3.05, 3.63) is 50.9 Å². The number of aryl methyl sites for hydroxylation is 1. The predicted octanol–water partition coefficient (Wildman–Crippen LogP) is 4.22. The minimum Gasteiger partial charge on any atom is -0.352 e. The number of fused-ring (bicyclic) bond motifs is 1. The molecule has 1 amide bonds. The Morgan fingerprint density at radius 3 is 2.91 bits per heavy atom. The number of carbonyl (C=O) groups is 1. The summed E-state index contributed by atoms with van der Waals surface area (Å²) in [5.41, 5.74) is 2.51. The Bertz CT molecular complexity index is 812. The Hall–Kier alpha value is -1.56. The predicted molar refractivity (Wildman–Crippen MR) is 91.0 cm³/mol. The lowest BCUT2D eigenvalue weighted by Crippen LogP contribution is -2.25. The van der Waals surface area contributed by atoms with Gasteiger partial charge in [-0.3, -0.25) is 4.79 Å². The molecule has 1 N–H and O–H groups in total. The third-order valence-electron chi connectivity index (χ3n) is 3.29. The molecule has 0 aliphatic carbocycles. The number of benzene rings is 1. The van der Waals surface area contributed by atoms with Crippen LogP contribution in [0.2, 0.25) is 8.67 Å². The summed E-state index contributed by atoms with van der Waals surface area (Å²) in [7, 11) is 0. The largest absolute Gasteiger partial charge is 0.352 e. The van der Waals surface area contributed by atoms with Crippen LogP contribution in [-0.4, -0.2) is 22.0 Å². The van der Waals surface area contributed by atoms with E-state index in [2.05, 4.69) is 14.9 Å². The van der Waals surface area contributed by atoms with E-state index in [-0.39, 0.29) is 5.91 Å². The van der Waals surface area contributed by atoms with Crippen LogP contribution in [0, 0.1) is 0 Å². The zero-order chi connectivity index (χ0) is 15.5. The number of amides is 1. The first-order valence-corrected chi connectivity index (χ1v) is 8.35. The normalized spacial score (nSPS) is 11.0. The molecule has 0 aliphatic rings. The van der Waals surface area contributed by atoms with Crippen molar-refractivity contribution < 1.29 is 4.79 Å². The van der Waals surface area contributed by atoms with Crippen molar-refractivity contribution in [3.8, 4) is 0 Å². The lowest BCUT2D eigenvalue weighted by Gasteiger charge is -2.06. The maximum atomic E-state index is 12.0. The van der Waals surface area contributed by atoms with E-state index in [9.17, 15) is 4.79 Å². The van der Waals surface area contributed by atoms with Crippen LogP contribution < -0.4 is 5.32 Å². The number of aromatic nitrogens is 2. The Kier molecular flexibility index (Phi) is 4.66. The number of para-hydroxylation sites is 2. The first-order chi connectivity index (χ1) is 10.6. The minimum atomic E-state index is -0.191. The molecular formula is C15H13Cl2N3OS. The molecule has 0 unspecified atom stereocenters. The van der Waals surface area contributed by atoms with Crippen molar-refractivity contribution >= 4 is 51.5 Å². The van der Waals surface area contributed by atoms with Crippen LogP contribution in [0.4, 0.5) is 0 Å². The van der Waals surface area contributed by atoms with Gasteiger partial charge in [0, 0.05) is 13.1 Å². The number of carbonyl (C=O) groups excluding carboxylic acids is 1. The third kappa shape index (κ3) is 3.27. The number of halogens is 2. The van der Waals surface area contributed by atoms with Gasteiger partial charge in [0.25, 0.3) is 5.91 Å². The van der Waals surface area contributed by atoms with Gasteiger partial charge < -0.3 is 9.88 Å². The highest BCUT2D eigenvalue weighted by Gasteiger charge is 2.13. The van der Waals surface area contributed by atoms with E-state index in [1.807, 2.05) is 30.6 Å². The van der Waals surface area contributed by atoms with E-state index < -0.39 is 0 Å². The molecule has 0 fully saturated rings. The van der Waals surface area contributed by atoms with Gasteiger partial charge in [-0.15, -0.1) is 11.3 Å². The van der Waals surface area contributed by atoms with Gasteiger partial charge >= 0.3 is 0 Å². The van der Waals surface area contributed by atoms with Crippen LogP contribution in [0.15, 0.2) is 36.7 Å². The second-order valence-electron chi connectivity index (χ2n) is 4.77. The highest BCUT2D eigenvalue weighted by Crippen LogP contribution is 2.30. The topological polar surface area (TPSA) is 46.9 Å². The van der Waals surface area contributed by atoms with Gasteiger partial charge in [0.05, 0.1) is 27.3 Å². The maximum Gasteiger partial charge on any atom is 0.253 e. The number of rotatable bonds is 5. The molecule has 0 saturated heterocycles. The molecule has 0 radical (unpaired) electrons. The third-order valence-corrected chi connectivity index (χ3v) is 4.78. The zero-order valence-electron chi connectivity index (χ0n) is 11.6. The summed E-state index contributed by atoms with van der Waals surface area (Å²) >= 11 is 13.0. The van der Waals surface area contributed by atoms with Gasteiger partial charge in [-0.1, -0.05) is 35.3 Å². The van der Waals surface area contributed by atoms with E-state index >= 15 is 0 Å². The summed E-state index contributed by atoms with van der Waals surface area (Å²) < 4.78 is 3.01. The molecule has 7 heteroatoms. The van der Waals surface area contributed by atoms with Crippen molar-refractivity contribution in [2.75, 3.05) is 6.54 Å². The molecule has 1 aromatic carbocycles. The van der Waals surface area contributed by atoms with Crippen LogP contribution in [0.5, 0.6) is 0 Å². The monoisotopic (exact) mass is 353 g/mol. The number of nitrogens with zero attached hydrogens (tertiary/aromatic N) is 2. The molecular weight excluding hydrogens is 341 g/mol. The number of hydrogen-bond donors (Lipinski definition) is 1. The van der Waals surface area contributed by atoms with Crippen LogP contribution in [0.3, 0.4) is 0 Å². The Labute approximate surface area is 141 Å². The second-order valence-corrected chi connectivity index (χ2v) is 7.06. The van der Waals surface area contributed by atoms with Crippen LogP contribution >= 0.6 is 34.5 Å². The minimum absolute atomic E-state index is 0.191. The molecule has 2 aromatic heterocycles. The smallest absolute Gasteiger partial charge is 0.253 e. The van der Waals surface area contributed by atoms with Crippen LogP contribution in [0.1, 0.15) is 16.8 Å². The van der Waals surface area contributed by atoms with Gasteiger partial charge in [-0.25, -0.2) is 4.98 Å². The van der Waals surface area contributed by atoms with Gasteiger partial charge in [-0.05, 0) is 24.6 Å². The van der Waals surface area contributed by atoms with Gasteiger partial charge in [0.2, 0.25) is 0 Å². The van der Waals surface area contributed by atoms with Crippen molar-refractivity contribution in [3.63, 3.8) is 0 Å². The van der Waals surface area contributed by atoms with Crippen molar-refractivity contribution in [2.24, 2.45) is 0 Å². The molecule has 2 heterocycles. The second kappa shape index (κ2) is 6.69. The summed E-state index contributed by atoms with van der Waals surface area (Å²) in [6, 6.07) is 9.57. The fourth-order valence-corrected chi connectivity index (χ4v) is 3.69. The molecule has 4 nitrogen and oxygen atoms in total. The standard InChI is InChI=1S/C15H13Cl2N3OS/c16-13-8-10(14(17)22-13)15(21)18-6-3-7-20-9-19-11-4-1-2-5-12(11)20/h1-2,4-5,8-9H,3,6-7H2,(H,18,21). The molecule has 0 saturated carbocycles. The number of nitrogens with one attached hydrogen (secondary N) is 1. The van der Waals surface area contributed by atoms with Crippen molar-refractivity contribution in [1.29, 1.82) is 0 Å². The van der Waals surface area contributed by atoms with Gasteiger partial charge in [-0.2, -0.15) is 0 Å². The summed E-state index contributed by atoms with van der Waals surface area (Å²) in [6.07, 6.45) is 2.63. The van der Waals surface area contributed by atoms with Crippen molar-refractivity contribution in [1.82, 2.24) is 14.9 Å². The summed E-state index contributed by atoms with van der Waals surface area (Å²) in [5.74, 6) is -0.191. The zero-order valence-corrected chi connectivity index (χ0v) is 13.9. The molecule has 3 rings (SSSR count). The highest BCUT2D eigenvalue weighted by atomic mass is 35.5. The molecule has 0 aliphatic heterocycles. The molecule has 0 atom stereocenters. The Morgan fingerprint density at radius 2 is 2.14 bits per heavy atom. The van der Waals surface area contributed by atoms with Crippen LogP contribution in [-0.2, 0) is 6.54 Å². The first kappa shape index (κ1) is 15.3. The van der Waals surface area contributed by atoms with Crippen molar-refractivity contribution in [2.45, 2.75) is 13.0 Å². The summed E-state index contributed by atoms with van der Waals surface area (Å²) in [5, 5.41) is 2.85. The molecule has 114 valence electrons. The van der Waals surface area contributed by atoms with Crippen LogP contribution in [0.25, 0.3) is 11.0 Å². The number of imidazole rings is 1. The lowest BCUT2D eigenvalue weighted by atomic mass is 10.3. The average Bonchev–Trinajstić information content (AvgIpc) is 3.07. The number of thiophene rings is 1. The van der Waals surface area contributed by atoms with E-state index in [1.54, 1.807) is 6.07 Å².